The van der Waals surface area contributed by atoms with E-state index in [0.717, 1.165) is 24.3 Å². The van der Waals surface area contributed by atoms with Gasteiger partial charge in [-0.05, 0) is 42.3 Å². The minimum atomic E-state index is -4.78. The summed E-state index contributed by atoms with van der Waals surface area (Å²) in [5.74, 6) is -1.72. The Bertz CT molecular complexity index is 693. The van der Waals surface area contributed by atoms with Crippen LogP contribution in [0.5, 0.6) is 5.75 Å². The molecule has 0 radical (unpaired) electrons. The van der Waals surface area contributed by atoms with Crippen LogP contribution in [0.15, 0.2) is 42.5 Å². The van der Waals surface area contributed by atoms with Gasteiger partial charge in [0.25, 0.3) is 0 Å². The second-order valence-electron chi connectivity index (χ2n) is 4.48. The Morgan fingerprint density at radius 1 is 1.09 bits per heavy atom. The molecule has 0 N–H and O–H groups in total. The van der Waals surface area contributed by atoms with Crippen molar-refractivity contribution in [3.05, 3.63) is 53.8 Å². The maximum absolute atomic E-state index is 13.4. The third-order valence-corrected chi connectivity index (χ3v) is 2.88. The van der Waals surface area contributed by atoms with E-state index in [1.165, 1.54) is 18.2 Å². The summed E-state index contributed by atoms with van der Waals surface area (Å²) >= 11 is 0. The fourth-order valence-corrected chi connectivity index (χ4v) is 1.98. The molecule has 0 spiro atoms. The van der Waals surface area contributed by atoms with Gasteiger partial charge in [0.2, 0.25) is 0 Å². The molecule has 0 atom stereocenters. The summed E-state index contributed by atoms with van der Waals surface area (Å²) in [7, 11) is 0. The van der Waals surface area contributed by atoms with Gasteiger partial charge in [-0.1, -0.05) is 18.2 Å². The first-order chi connectivity index (χ1) is 10.8. The number of carbonyl (C=O) groups excluding carboxylic acids is 1. The van der Waals surface area contributed by atoms with Gasteiger partial charge in [-0.2, -0.15) is 0 Å². The van der Waals surface area contributed by atoms with Crippen molar-refractivity contribution in [2.45, 2.75) is 13.3 Å². The van der Waals surface area contributed by atoms with E-state index in [-0.39, 0.29) is 17.9 Å². The molecule has 0 aliphatic heterocycles. The largest absolute Gasteiger partial charge is 0.573 e. The lowest BCUT2D eigenvalue weighted by Crippen LogP contribution is -2.16. The number of hydrogen-bond acceptors (Lipinski definition) is 3. The predicted molar refractivity (Wildman–Crippen MR) is 74.5 cm³/mol. The van der Waals surface area contributed by atoms with E-state index < -0.39 is 18.1 Å². The maximum Gasteiger partial charge on any atom is 0.573 e. The summed E-state index contributed by atoms with van der Waals surface area (Å²) in [6.45, 7) is 1.73. The highest BCUT2D eigenvalue weighted by atomic mass is 19.4. The molecule has 0 heterocycles. The molecule has 0 amide bonds. The van der Waals surface area contributed by atoms with Crippen molar-refractivity contribution in [1.29, 1.82) is 0 Å². The number of halogens is 4. The number of esters is 1. The molecule has 7 heteroatoms. The fourth-order valence-electron chi connectivity index (χ4n) is 1.98. The van der Waals surface area contributed by atoms with Gasteiger partial charge in [-0.3, -0.25) is 0 Å². The summed E-state index contributed by atoms with van der Waals surface area (Å²) in [5, 5.41) is 0. The molecule has 0 aliphatic rings. The highest BCUT2D eigenvalue weighted by Gasteiger charge is 2.31. The van der Waals surface area contributed by atoms with Crippen molar-refractivity contribution in [3.8, 4) is 16.9 Å². The minimum Gasteiger partial charge on any atom is -0.462 e. The first-order valence-corrected chi connectivity index (χ1v) is 6.63. The summed E-state index contributed by atoms with van der Waals surface area (Å²) in [5.41, 5.74) is 0.780. The van der Waals surface area contributed by atoms with Gasteiger partial charge in [0.05, 0.1) is 12.2 Å². The average Bonchev–Trinajstić information content (AvgIpc) is 2.47. The lowest BCUT2D eigenvalue weighted by Gasteiger charge is -2.11. The molecule has 23 heavy (non-hydrogen) atoms. The molecule has 2 rings (SSSR count). The van der Waals surface area contributed by atoms with Crippen molar-refractivity contribution < 1.29 is 31.8 Å². The predicted octanol–water partition coefficient (Wildman–Crippen LogP) is 4.57. The number of hydrogen-bond donors (Lipinski definition) is 0. The Kier molecular flexibility index (Phi) is 4.88. The lowest BCUT2D eigenvalue weighted by molar-refractivity contribution is -0.274. The highest BCUT2D eigenvalue weighted by molar-refractivity contribution is 5.97. The average molecular weight is 328 g/mol. The molecule has 0 saturated heterocycles. The van der Waals surface area contributed by atoms with Crippen LogP contribution < -0.4 is 4.74 Å². The molecule has 0 saturated carbocycles. The normalized spacial score (nSPS) is 11.2. The summed E-state index contributed by atoms with van der Waals surface area (Å²) in [6, 6.07) is 8.45. The van der Waals surface area contributed by atoms with E-state index in [1.54, 1.807) is 6.92 Å². The molecule has 0 fully saturated rings. The van der Waals surface area contributed by atoms with Crippen LogP contribution in [0.4, 0.5) is 17.6 Å². The zero-order chi connectivity index (χ0) is 17.0. The smallest absolute Gasteiger partial charge is 0.462 e. The van der Waals surface area contributed by atoms with Crippen LogP contribution in [-0.2, 0) is 4.74 Å². The highest BCUT2D eigenvalue weighted by Crippen LogP contribution is 2.29. The number of carbonyl (C=O) groups is 1. The molecular formula is C16H12F4O3. The molecular weight excluding hydrogens is 316 g/mol. The first-order valence-electron chi connectivity index (χ1n) is 6.63. The fraction of sp³-hybridized carbons (Fsp3) is 0.188. The molecule has 2 aromatic carbocycles. The van der Waals surface area contributed by atoms with E-state index in [4.69, 9.17) is 4.74 Å². The lowest BCUT2D eigenvalue weighted by atomic mass is 9.99. The van der Waals surface area contributed by atoms with Crippen molar-refractivity contribution in [2.75, 3.05) is 6.61 Å². The van der Waals surface area contributed by atoms with Gasteiger partial charge in [0.1, 0.15) is 11.6 Å². The van der Waals surface area contributed by atoms with E-state index in [0.29, 0.717) is 11.1 Å². The quantitative estimate of drug-likeness (QED) is 0.609. The summed E-state index contributed by atoms with van der Waals surface area (Å²) in [4.78, 5) is 11.9. The monoisotopic (exact) mass is 328 g/mol. The third-order valence-electron chi connectivity index (χ3n) is 2.88. The van der Waals surface area contributed by atoms with Crippen LogP contribution in [0.2, 0.25) is 0 Å². The summed E-state index contributed by atoms with van der Waals surface area (Å²) < 4.78 is 58.4. The maximum atomic E-state index is 13.4. The molecule has 0 unspecified atom stereocenters. The van der Waals surface area contributed by atoms with E-state index >= 15 is 0 Å². The number of rotatable bonds is 4. The second-order valence-corrected chi connectivity index (χ2v) is 4.48. The molecule has 0 bridgehead atoms. The molecule has 122 valence electrons. The van der Waals surface area contributed by atoms with Crippen LogP contribution in [0, 0.1) is 5.82 Å². The van der Waals surface area contributed by atoms with Crippen LogP contribution >= 0.6 is 0 Å². The van der Waals surface area contributed by atoms with Gasteiger partial charge in [-0.25, -0.2) is 9.18 Å². The molecule has 0 aromatic heterocycles. The topological polar surface area (TPSA) is 35.5 Å². The van der Waals surface area contributed by atoms with E-state index in [9.17, 15) is 22.4 Å². The SMILES string of the molecule is CCOC(=O)c1cc(F)ccc1-c1ccc(OC(F)(F)F)cc1. The summed E-state index contributed by atoms with van der Waals surface area (Å²) in [6.07, 6.45) is -4.78. The Morgan fingerprint density at radius 2 is 1.74 bits per heavy atom. The standard InChI is InChI=1S/C16H12F4O3/c1-2-22-15(21)14-9-11(17)5-8-13(14)10-3-6-12(7-4-10)23-16(18,19)20/h3-9H,2H2,1H3. The number of ether oxygens (including phenoxy) is 2. The van der Waals surface area contributed by atoms with Crippen LogP contribution in [-0.4, -0.2) is 18.9 Å². The van der Waals surface area contributed by atoms with Crippen molar-refractivity contribution in [1.82, 2.24) is 0 Å². The molecule has 2 aromatic rings. The Labute approximate surface area is 129 Å². The van der Waals surface area contributed by atoms with Gasteiger partial charge in [-0.15, -0.1) is 13.2 Å². The van der Waals surface area contributed by atoms with Crippen LogP contribution in [0.25, 0.3) is 11.1 Å². The van der Waals surface area contributed by atoms with Crippen molar-refractivity contribution >= 4 is 5.97 Å². The molecule has 0 aliphatic carbocycles. The van der Waals surface area contributed by atoms with Crippen molar-refractivity contribution in [3.63, 3.8) is 0 Å². The minimum absolute atomic E-state index is 0.00339. The van der Waals surface area contributed by atoms with Gasteiger partial charge in [0, 0.05) is 0 Å². The van der Waals surface area contributed by atoms with E-state index in [1.807, 2.05) is 0 Å². The number of alkyl halides is 3. The van der Waals surface area contributed by atoms with Gasteiger partial charge >= 0.3 is 12.3 Å². The van der Waals surface area contributed by atoms with Crippen LogP contribution in [0.3, 0.4) is 0 Å². The van der Waals surface area contributed by atoms with Gasteiger partial charge < -0.3 is 9.47 Å². The second kappa shape index (κ2) is 6.68. The Hall–Kier alpha value is -2.57. The van der Waals surface area contributed by atoms with Gasteiger partial charge in [0.15, 0.2) is 0 Å². The zero-order valence-corrected chi connectivity index (χ0v) is 12.0. The van der Waals surface area contributed by atoms with Crippen molar-refractivity contribution in [2.24, 2.45) is 0 Å². The zero-order valence-electron chi connectivity index (χ0n) is 12.0. The third kappa shape index (κ3) is 4.45. The first kappa shape index (κ1) is 16.8. The Morgan fingerprint density at radius 3 is 2.30 bits per heavy atom. The Balaban J connectivity index is 2.36. The van der Waals surface area contributed by atoms with Crippen LogP contribution in [0.1, 0.15) is 17.3 Å². The molecule has 3 nitrogen and oxygen atoms in total. The van der Waals surface area contributed by atoms with E-state index in [2.05, 4.69) is 4.74 Å². The number of benzene rings is 2.